The lowest BCUT2D eigenvalue weighted by molar-refractivity contribution is -0.136. The Morgan fingerprint density at radius 3 is 2.95 bits per heavy atom. The minimum absolute atomic E-state index is 0.00867. The topological polar surface area (TPSA) is 32.8 Å². The molecule has 2 aliphatic rings. The van der Waals surface area contributed by atoms with Gasteiger partial charge in [0, 0.05) is 38.8 Å². The molecule has 114 valence electrons. The highest BCUT2D eigenvalue weighted by Gasteiger charge is 2.44. The fourth-order valence-corrected chi connectivity index (χ4v) is 3.56. The molecule has 1 aromatic carbocycles. The fraction of sp³-hybridized carbons (Fsp3) is 0.562. The predicted octanol–water partition coefficient (Wildman–Crippen LogP) is 2.02. The predicted molar refractivity (Wildman–Crippen MR) is 82.2 cm³/mol. The summed E-state index contributed by atoms with van der Waals surface area (Å²) in [5.41, 5.74) is 1.21. The first-order valence-electron chi connectivity index (χ1n) is 7.36. The summed E-state index contributed by atoms with van der Waals surface area (Å²) in [6, 6.07) is 7.96. The van der Waals surface area contributed by atoms with Gasteiger partial charge in [0.15, 0.2) is 0 Å². The number of likely N-dealkylation sites (tertiary alicyclic amines) is 1. The number of nitrogens with zero attached hydrogens (tertiary/aromatic N) is 2. The van der Waals surface area contributed by atoms with E-state index in [2.05, 4.69) is 11.0 Å². The van der Waals surface area contributed by atoms with Crippen LogP contribution in [0.5, 0.6) is 0 Å². The van der Waals surface area contributed by atoms with Crippen LogP contribution in [0.25, 0.3) is 0 Å². The second-order valence-electron chi connectivity index (χ2n) is 6.20. The maximum Gasteiger partial charge on any atom is 0.227 e. The van der Waals surface area contributed by atoms with Gasteiger partial charge in [-0.05, 0) is 24.1 Å². The molecular formula is C16H21ClN2O2. The molecule has 0 radical (unpaired) electrons. The molecule has 21 heavy (non-hydrogen) atoms. The van der Waals surface area contributed by atoms with Gasteiger partial charge in [-0.25, -0.2) is 0 Å². The highest BCUT2D eigenvalue weighted by Crippen LogP contribution is 2.33. The molecule has 5 heteroatoms. The van der Waals surface area contributed by atoms with Crippen LogP contribution in [0.4, 0.5) is 0 Å². The first-order valence-corrected chi connectivity index (χ1v) is 7.74. The van der Waals surface area contributed by atoms with Crippen LogP contribution in [0.2, 0.25) is 5.02 Å². The summed E-state index contributed by atoms with van der Waals surface area (Å²) in [4.78, 5) is 16.3. The van der Waals surface area contributed by atoms with Crippen molar-refractivity contribution < 1.29 is 9.53 Å². The van der Waals surface area contributed by atoms with E-state index in [0.717, 1.165) is 31.1 Å². The van der Waals surface area contributed by atoms with Crippen molar-refractivity contribution in [1.82, 2.24) is 9.80 Å². The Balaban J connectivity index is 1.66. The normalized spacial score (nSPS) is 28.6. The minimum atomic E-state index is 0.00867. The average Bonchev–Trinajstić information content (AvgIpc) is 2.73. The van der Waals surface area contributed by atoms with Crippen LogP contribution in [-0.4, -0.2) is 55.1 Å². The van der Waals surface area contributed by atoms with Gasteiger partial charge in [0.2, 0.25) is 5.91 Å². The number of amides is 1. The van der Waals surface area contributed by atoms with Gasteiger partial charge in [-0.2, -0.15) is 0 Å². The van der Waals surface area contributed by atoms with E-state index >= 15 is 0 Å². The summed E-state index contributed by atoms with van der Waals surface area (Å²) in [6.45, 7) is 2.56. The molecule has 1 amide bonds. The zero-order valence-corrected chi connectivity index (χ0v) is 13.2. The molecule has 3 atom stereocenters. The molecule has 4 nitrogen and oxygen atoms in total. The monoisotopic (exact) mass is 308 g/mol. The van der Waals surface area contributed by atoms with Gasteiger partial charge < -0.3 is 9.64 Å². The fourth-order valence-electron chi connectivity index (χ4n) is 3.35. The molecule has 2 fully saturated rings. The highest BCUT2D eigenvalue weighted by molar-refractivity contribution is 6.30. The zero-order chi connectivity index (χ0) is 15.0. The number of halogens is 1. The molecule has 3 rings (SSSR count). The standard InChI is InChI=1S/C16H21ClN2O2/c1-18(2)16(20)14-7-13-9-19(10-15(14)21-13)8-11-4-3-5-12(17)6-11/h3-6,13-15H,7-10H2,1-2H3/t13-,14+,15-/m0/s1. The molecule has 2 heterocycles. The number of fused-ring (bicyclic) bond motifs is 2. The van der Waals surface area contributed by atoms with Gasteiger partial charge in [0.05, 0.1) is 18.1 Å². The van der Waals surface area contributed by atoms with Gasteiger partial charge >= 0.3 is 0 Å². The number of rotatable bonds is 3. The van der Waals surface area contributed by atoms with Crippen molar-refractivity contribution in [1.29, 1.82) is 0 Å². The zero-order valence-electron chi connectivity index (χ0n) is 12.5. The minimum Gasteiger partial charge on any atom is -0.371 e. The number of morpholine rings is 1. The smallest absolute Gasteiger partial charge is 0.227 e. The highest BCUT2D eigenvalue weighted by atomic mass is 35.5. The average molecular weight is 309 g/mol. The third-order valence-corrected chi connectivity index (χ3v) is 4.52. The molecule has 0 spiro atoms. The van der Waals surface area contributed by atoms with Gasteiger partial charge in [-0.3, -0.25) is 9.69 Å². The van der Waals surface area contributed by atoms with Crippen LogP contribution in [-0.2, 0) is 16.1 Å². The summed E-state index contributed by atoms with van der Waals surface area (Å²) in [7, 11) is 3.63. The molecule has 0 aliphatic carbocycles. The Morgan fingerprint density at radius 1 is 1.43 bits per heavy atom. The number of hydrogen-bond acceptors (Lipinski definition) is 3. The van der Waals surface area contributed by atoms with E-state index in [1.54, 1.807) is 4.90 Å². The Morgan fingerprint density at radius 2 is 2.24 bits per heavy atom. The van der Waals surface area contributed by atoms with Crippen LogP contribution >= 0.6 is 11.6 Å². The number of benzene rings is 1. The third-order valence-electron chi connectivity index (χ3n) is 4.29. The summed E-state index contributed by atoms with van der Waals surface area (Å²) >= 11 is 6.04. The van der Waals surface area contributed by atoms with Gasteiger partial charge in [0.25, 0.3) is 0 Å². The Hall–Kier alpha value is -1.10. The van der Waals surface area contributed by atoms with E-state index in [9.17, 15) is 4.79 Å². The van der Waals surface area contributed by atoms with Gasteiger partial charge in [-0.15, -0.1) is 0 Å². The lowest BCUT2D eigenvalue weighted by atomic mass is 9.99. The maximum absolute atomic E-state index is 12.2. The molecule has 2 saturated heterocycles. The molecule has 1 aromatic rings. The number of carbonyl (C=O) groups is 1. The van der Waals surface area contributed by atoms with Gasteiger partial charge in [0.1, 0.15) is 0 Å². The van der Waals surface area contributed by atoms with E-state index in [4.69, 9.17) is 16.3 Å². The van der Waals surface area contributed by atoms with Crippen molar-refractivity contribution in [2.45, 2.75) is 25.2 Å². The molecule has 0 N–H and O–H groups in total. The second kappa shape index (κ2) is 5.95. The van der Waals surface area contributed by atoms with Crippen LogP contribution in [0.15, 0.2) is 24.3 Å². The van der Waals surface area contributed by atoms with Crippen molar-refractivity contribution in [2.75, 3.05) is 27.2 Å². The third kappa shape index (κ3) is 3.23. The Labute approximate surface area is 130 Å². The van der Waals surface area contributed by atoms with Crippen molar-refractivity contribution in [3.8, 4) is 0 Å². The van der Waals surface area contributed by atoms with E-state index in [0.29, 0.717) is 0 Å². The molecule has 0 unspecified atom stereocenters. The quantitative estimate of drug-likeness (QED) is 0.856. The summed E-state index contributed by atoms with van der Waals surface area (Å²) in [5.74, 6) is 0.196. The Bertz CT molecular complexity index is 535. The first-order chi connectivity index (χ1) is 10.0. The summed E-state index contributed by atoms with van der Waals surface area (Å²) in [5, 5.41) is 0.768. The molecular weight excluding hydrogens is 288 g/mol. The number of hydrogen-bond donors (Lipinski definition) is 0. The maximum atomic E-state index is 12.2. The number of carbonyl (C=O) groups excluding carboxylic acids is 1. The largest absolute Gasteiger partial charge is 0.371 e. The lowest BCUT2D eigenvalue weighted by Crippen LogP contribution is -2.44. The molecule has 2 bridgehead atoms. The van der Waals surface area contributed by atoms with Crippen LogP contribution in [0.1, 0.15) is 12.0 Å². The van der Waals surface area contributed by atoms with Crippen molar-refractivity contribution >= 4 is 17.5 Å². The van der Waals surface area contributed by atoms with Crippen molar-refractivity contribution in [3.63, 3.8) is 0 Å². The summed E-state index contributed by atoms with van der Waals surface area (Å²) < 4.78 is 5.96. The van der Waals surface area contributed by atoms with Crippen LogP contribution in [0, 0.1) is 5.92 Å². The summed E-state index contributed by atoms with van der Waals surface area (Å²) in [6.07, 6.45) is 1.04. The van der Waals surface area contributed by atoms with E-state index in [1.807, 2.05) is 32.3 Å². The van der Waals surface area contributed by atoms with E-state index in [1.165, 1.54) is 5.56 Å². The number of ether oxygens (including phenoxy) is 1. The first kappa shape index (κ1) is 14.8. The van der Waals surface area contributed by atoms with E-state index in [-0.39, 0.29) is 24.0 Å². The van der Waals surface area contributed by atoms with Crippen molar-refractivity contribution in [2.24, 2.45) is 5.92 Å². The van der Waals surface area contributed by atoms with Crippen molar-refractivity contribution in [3.05, 3.63) is 34.9 Å². The molecule has 2 aliphatic heterocycles. The van der Waals surface area contributed by atoms with Crippen LogP contribution < -0.4 is 0 Å². The molecule has 0 saturated carbocycles. The lowest BCUT2D eigenvalue weighted by Gasteiger charge is -2.33. The van der Waals surface area contributed by atoms with E-state index < -0.39 is 0 Å². The molecule has 0 aromatic heterocycles. The van der Waals surface area contributed by atoms with Crippen LogP contribution in [0.3, 0.4) is 0 Å². The van der Waals surface area contributed by atoms with Gasteiger partial charge in [-0.1, -0.05) is 23.7 Å². The Kier molecular flexibility index (Phi) is 4.20. The SMILES string of the molecule is CN(C)C(=O)[C@@H]1C[C@H]2CN(Cc3cccc(Cl)c3)C[C@@H]1O2. The second-order valence-corrected chi connectivity index (χ2v) is 6.63.